The normalized spacial score (nSPS) is 11.7. The number of carbonyl (C=O) groups is 2. The summed E-state index contributed by atoms with van der Waals surface area (Å²) in [5.41, 5.74) is 0.984. The Balaban J connectivity index is 1.77. The number of hydrogen-bond donors (Lipinski definition) is 3. The van der Waals surface area contributed by atoms with E-state index in [0.29, 0.717) is 16.3 Å². The molecule has 0 saturated carbocycles. The van der Waals surface area contributed by atoms with Crippen LogP contribution in [0.5, 0.6) is 0 Å². The minimum absolute atomic E-state index is 0.154. The van der Waals surface area contributed by atoms with Crippen LogP contribution < -0.4 is 10.6 Å². The topological polar surface area (TPSA) is 91.6 Å². The van der Waals surface area contributed by atoms with E-state index in [1.807, 2.05) is 0 Å². The van der Waals surface area contributed by atoms with Crippen LogP contribution in [0.25, 0.3) is 0 Å². The van der Waals surface area contributed by atoms with Gasteiger partial charge in [0.05, 0.1) is 29.3 Å². The van der Waals surface area contributed by atoms with E-state index in [0.717, 1.165) is 0 Å². The molecule has 0 fully saturated rings. The Kier molecular flexibility index (Phi) is 5.57. The first-order valence-corrected chi connectivity index (χ1v) is 6.99. The van der Waals surface area contributed by atoms with Crippen molar-refractivity contribution in [2.24, 2.45) is 0 Å². The minimum Gasteiger partial charge on any atom is -0.472 e. The zero-order valence-electron chi connectivity index (χ0n) is 11.6. The lowest BCUT2D eigenvalue weighted by Gasteiger charge is -2.10. The number of para-hydroxylation sites is 1. The Morgan fingerprint density at radius 3 is 2.68 bits per heavy atom. The van der Waals surface area contributed by atoms with Crippen molar-refractivity contribution in [3.8, 4) is 0 Å². The van der Waals surface area contributed by atoms with Crippen LogP contribution >= 0.6 is 11.6 Å². The van der Waals surface area contributed by atoms with Crippen molar-refractivity contribution >= 4 is 29.1 Å². The standard InChI is InChI=1S/C15H15ClN2O4/c16-11-3-1-2-4-12(11)18-15(21)14(20)17-7-5-13(19)10-6-8-22-9-10/h1-4,6,8-9,13,19H,5,7H2,(H,17,20)(H,18,21)/t13-/m0/s1. The number of amides is 2. The minimum atomic E-state index is -0.814. The van der Waals surface area contributed by atoms with E-state index in [2.05, 4.69) is 10.6 Å². The first kappa shape index (κ1) is 16.1. The number of hydrogen-bond acceptors (Lipinski definition) is 4. The maximum Gasteiger partial charge on any atom is 0.313 e. The van der Waals surface area contributed by atoms with Crippen LogP contribution in [0.4, 0.5) is 5.69 Å². The van der Waals surface area contributed by atoms with E-state index < -0.39 is 17.9 Å². The number of anilines is 1. The molecule has 0 radical (unpaired) electrons. The van der Waals surface area contributed by atoms with Crippen LogP contribution in [0, 0.1) is 0 Å². The summed E-state index contributed by atoms with van der Waals surface area (Å²) in [4.78, 5) is 23.4. The Bertz CT molecular complexity index is 643. The number of aliphatic hydroxyl groups is 1. The average Bonchev–Trinajstić information content (AvgIpc) is 3.03. The fraction of sp³-hybridized carbons (Fsp3) is 0.200. The number of carbonyl (C=O) groups excluding carboxylic acids is 2. The van der Waals surface area contributed by atoms with E-state index in [9.17, 15) is 14.7 Å². The highest BCUT2D eigenvalue weighted by Crippen LogP contribution is 2.20. The van der Waals surface area contributed by atoms with Crippen LogP contribution in [0.3, 0.4) is 0 Å². The Morgan fingerprint density at radius 2 is 2.00 bits per heavy atom. The van der Waals surface area contributed by atoms with E-state index in [1.165, 1.54) is 12.5 Å². The van der Waals surface area contributed by atoms with Gasteiger partial charge in [0.25, 0.3) is 0 Å². The second-order valence-electron chi connectivity index (χ2n) is 4.55. The Morgan fingerprint density at radius 1 is 1.23 bits per heavy atom. The van der Waals surface area contributed by atoms with Gasteiger partial charge in [-0.05, 0) is 24.6 Å². The summed E-state index contributed by atoms with van der Waals surface area (Å²) in [6.07, 6.45) is 2.39. The van der Waals surface area contributed by atoms with Crippen molar-refractivity contribution in [3.05, 3.63) is 53.4 Å². The molecule has 0 aliphatic carbocycles. The van der Waals surface area contributed by atoms with E-state index in [1.54, 1.807) is 30.3 Å². The van der Waals surface area contributed by atoms with Crippen molar-refractivity contribution in [3.63, 3.8) is 0 Å². The predicted octanol–water partition coefficient (Wildman–Crippen LogP) is 2.11. The molecule has 116 valence electrons. The molecule has 6 nitrogen and oxygen atoms in total. The molecule has 0 bridgehead atoms. The van der Waals surface area contributed by atoms with Crippen LogP contribution in [-0.2, 0) is 9.59 Å². The SMILES string of the molecule is O=C(NCC[C@H](O)c1ccoc1)C(=O)Nc1ccccc1Cl. The average molecular weight is 323 g/mol. The molecule has 2 aromatic rings. The van der Waals surface area contributed by atoms with Gasteiger partial charge in [0.15, 0.2) is 0 Å². The van der Waals surface area contributed by atoms with E-state index in [-0.39, 0.29) is 13.0 Å². The highest BCUT2D eigenvalue weighted by molar-refractivity contribution is 6.41. The molecule has 2 amide bonds. The molecule has 3 N–H and O–H groups in total. The summed E-state index contributed by atoms with van der Waals surface area (Å²) < 4.78 is 4.85. The molecule has 1 atom stereocenters. The van der Waals surface area contributed by atoms with Gasteiger partial charge in [0, 0.05) is 12.1 Å². The smallest absolute Gasteiger partial charge is 0.313 e. The lowest BCUT2D eigenvalue weighted by molar-refractivity contribution is -0.136. The summed E-state index contributed by atoms with van der Waals surface area (Å²) in [7, 11) is 0. The van der Waals surface area contributed by atoms with Crippen LogP contribution in [-0.4, -0.2) is 23.5 Å². The number of halogens is 1. The van der Waals surface area contributed by atoms with Crippen molar-refractivity contribution < 1.29 is 19.1 Å². The lowest BCUT2D eigenvalue weighted by Crippen LogP contribution is -2.36. The molecule has 0 saturated heterocycles. The second-order valence-corrected chi connectivity index (χ2v) is 4.96. The van der Waals surface area contributed by atoms with Crippen LogP contribution in [0.2, 0.25) is 5.02 Å². The molecule has 0 unspecified atom stereocenters. The first-order valence-electron chi connectivity index (χ1n) is 6.62. The summed E-state index contributed by atoms with van der Waals surface area (Å²) in [5.74, 6) is -1.61. The molecule has 7 heteroatoms. The van der Waals surface area contributed by atoms with E-state index >= 15 is 0 Å². The second kappa shape index (κ2) is 7.63. The third-order valence-electron chi connectivity index (χ3n) is 2.96. The molecule has 0 aliphatic rings. The predicted molar refractivity (Wildman–Crippen MR) is 81.4 cm³/mol. The van der Waals surface area contributed by atoms with Gasteiger partial charge in [0.2, 0.25) is 0 Å². The van der Waals surface area contributed by atoms with Crippen molar-refractivity contribution in [2.45, 2.75) is 12.5 Å². The molecule has 2 rings (SSSR count). The molecular formula is C15H15ClN2O4. The highest BCUT2D eigenvalue weighted by atomic mass is 35.5. The van der Waals surface area contributed by atoms with Crippen molar-refractivity contribution in [1.82, 2.24) is 5.32 Å². The summed E-state index contributed by atoms with van der Waals surface area (Å²) >= 11 is 5.89. The van der Waals surface area contributed by atoms with Gasteiger partial charge < -0.3 is 20.2 Å². The van der Waals surface area contributed by atoms with Gasteiger partial charge in [-0.15, -0.1) is 0 Å². The molecule has 1 heterocycles. The van der Waals surface area contributed by atoms with Gasteiger partial charge in [-0.25, -0.2) is 0 Å². The summed E-state index contributed by atoms with van der Waals surface area (Å²) in [6, 6.07) is 8.25. The van der Waals surface area contributed by atoms with Gasteiger partial charge >= 0.3 is 11.8 Å². The van der Waals surface area contributed by atoms with Crippen LogP contribution in [0.15, 0.2) is 47.3 Å². The number of nitrogens with one attached hydrogen (secondary N) is 2. The maximum absolute atomic E-state index is 11.7. The zero-order chi connectivity index (χ0) is 15.9. The fourth-order valence-corrected chi connectivity index (χ4v) is 1.96. The largest absolute Gasteiger partial charge is 0.472 e. The monoisotopic (exact) mass is 322 g/mol. The van der Waals surface area contributed by atoms with Gasteiger partial charge in [-0.1, -0.05) is 23.7 Å². The third kappa shape index (κ3) is 4.34. The third-order valence-corrected chi connectivity index (χ3v) is 3.29. The van der Waals surface area contributed by atoms with Gasteiger partial charge in [-0.3, -0.25) is 9.59 Å². The summed E-state index contributed by atoms with van der Waals surface area (Å²) in [6.45, 7) is 0.154. The van der Waals surface area contributed by atoms with Gasteiger partial charge in [-0.2, -0.15) is 0 Å². The van der Waals surface area contributed by atoms with E-state index in [4.69, 9.17) is 16.0 Å². The number of furan rings is 1. The molecule has 22 heavy (non-hydrogen) atoms. The zero-order valence-corrected chi connectivity index (χ0v) is 12.3. The molecule has 0 spiro atoms. The molecule has 1 aromatic carbocycles. The van der Waals surface area contributed by atoms with Crippen molar-refractivity contribution in [2.75, 3.05) is 11.9 Å². The number of benzene rings is 1. The summed E-state index contributed by atoms with van der Waals surface area (Å²) in [5, 5.41) is 15.0. The maximum atomic E-state index is 11.7. The first-order chi connectivity index (χ1) is 10.6. The molecule has 1 aromatic heterocycles. The van der Waals surface area contributed by atoms with Crippen molar-refractivity contribution in [1.29, 1.82) is 0 Å². The fourth-order valence-electron chi connectivity index (χ4n) is 1.78. The molecule has 0 aliphatic heterocycles. The molecular weight excluding hydrogens is 308 g/mol. The Hall–Kier alpha value is -2.31. The van der Waals surface area contributed by atoms with Crippen LogP contribution in [0.1, 0.15) is 18.1 Å². The quantitative estimate of drug-likeness (QED) is 0.735. The highest BCUT2D eigenvalue weighted by Gasteiger charge is 2.15. The Labute approximate surface area is 132 Å². The lowest BCUT2D eigenvalue weighted by atomic mass is 10.1. The number of rotatable bonds is 5. The van der Waals surface area contributed by atoms with Gasteiger partial charge in [0.1, 0.15) is 0 Å². The number of aliphatic hydroxyl groups excluding tert-OH is 1.